The molecular weight excluding hydrogens is 733 g/mol. The lowest BCUT2D eigenvalue weighted by molar-refractivity contribution is 1.19. The van der Waals surface area contributed by atoms with E-state index >= 15 is 0 Å². The molecule has 0 bridgehead atoms. The van der Waals surface area contributed by atoms with Crippen LogP contribution in [0.3, 0.4) is 0 Å². The predicted octanol–water partition coefficient (Wildman–Crippen LogP) is 16.3. The maximum Gasteiger partial charge on any atom is 0.0619 e. The second-order valence-electron chi connectivity index (χ2n) is 15.3. The predicted molar refractivity (Wildman–Crippen MR) is 254 cm³/mol. The summed E-state index contributed by atoms with van der Waals surface area (Å²) in [5.41, 5.74) is 11.8. The van der Waals surface area contributed by atoms with Crippen molar-refractivity contribution < 1.29 is 0 Å². The van der Waals surface area contributed by atoms with Crippen molar-refractivity contribution in [2.24, 2.45) is 0 Å². The first-order valence-electron chi connectivity index (χ1n) is 20.2. The lowest BCUT2D eigenvalue weighted by Crippen LogP contribution is -2.09. The minimum atomic E-state index is 1.11. The molecule has 12 aromatic rings. The molecule has 0 amide bonds. The fourth-order valence-corrected chi connectivity index (χ4v) is 10.3. The maximum atomic E-state index is 2.44. The molecule has 0 saturated heterocycles. The van der Waals surface area contributed by atoms with Crippen LogP contribution in [0, 0.1) is 0 Å². The van der Waals surface area contributed by atoms with Crippen LogP contribution in [0.2, 0.25) is 0 Å². The standard InChI is InChI=1S/C56H36N2S/c1-2-14-42(15-3-1)58-53-35-41(26-32-49(53)52-33-25-39-12-5-7-17-48(39)56(52)58)37-21-27-43(28-22-37)57(45-31-34-51-50-18-8-9-20-54(50)59-55(51)36-45)44-29-23-40(24-30-44)47-19-10-13-38-11-4-6-16-46(38)47/h1-36H. The average molecular weight is 769 g/mol. The number of rotatable bonds is 6. The molecule has 10 aromatic carbocycles. The van der Waals surface area contributed by atoms with Crippen LogP contribution in [0.25, 0.3) is 91.5 Å². The largest absolute Gasteiger partial charge is 0.310 e. The minimum Gasteiger partial charge on any atom is -0.310 e. The van der Waals surface area contributed by atoms with Gasteiger partial charge in [0.25, 0.3) is 0 Å². The van der Waals surface area contributed by atoms with Crippen LogP contribution >= 0.6 is 11.3 Å². The lowest BCUT2D eigenvalue weighted by Gasteiger charge is -2.26. The van der Waals surface area contributed by atoms with Gasteiger partial charge in [0, 0.05) is 59.1 Å². The van der Waals surface area contributed by atoms with Gasteiger partial charge in [0.05, 0.1) is 11.0 Å². The van der Waals surface area contributed by atoms with Gasteiger partial charge in [-0.05, 0) is 99.1 Å². The van der Waals surface area contributed by atoms with Crippen LogP contribution in [0.4, 0.5) is 17.1 Å². The maximum absolute atomic E-state index is 2.44. The van der Waals surface area contributed by atoms with Gasteiger partial charge in [0.15, 0.2) is 0 Å². The quantitative estimate of drug-likeness (QED) is 0.164. The van der Waals surface area contributed by atoms with E-state index < -0.39 is 0 Å². The number of nitrogens with zero attached hydrogens (tertiary/aromatic N) is 2. The molecule has 0 N–H and O–H groups in total. The summed E-state index contributed by atoms with van der Waals surface area (Å²) in [5, 5.41) is 10.2. The van der Waals surface area contributed by atoms with Crippen molar-refractivity contribution in [2.45, 2.75) is 0 Å². The van der Waals surface area contributed by atoms with Gasteiger partial charge in [-0.1, -0.05) is 158 Å². The Labute approximate surface area is 346 Å². The Morgan fingerprint density at radius 3 is 1.71 bits per heavy atom. The number of hydrogen-bond acceptors (Lipinski definition) is 2. The Morgan fingerprint density at radius 2 is 0.915 bits per heavy atom. The van der Waals surface area contributed by atoms with Crippen molar-refractivity contribution in [2.75, 3.05) is 4.90 Å². The van der Waals surface area contributed by atoms with Crippen molar-refractivity contribution in [3.63, 3.8) is 0 Å². The molecule has 2 aromatic heterocycles. The van der Waals surface area contributed by atoms with E-state index in [1.54, 1.807) is 0 Å². The molecule has 59 heavy (non-hydrogen) atoms. The zero-order valence-electron chi connectivity index (χ0n) is 32.1. The summed E-state index contributed by atoms with van der Waals surface area (Å²) in [6, 6.07) is 79.9. The first-order chi connectivity index (χ1) is 29.2. The zero-order valence-corrected chi connectivity index (χ0v) is 32.9. The van der Waals surface area contributed by atoms with Gasteiger partial charge in [-0.3, -0.25) is 0 Å². The highest BCUT2D eigenvalue weighted by Crippen LogP contribution is 2.43. The molecule has 12 rings (SSSR count). The zero-order chi connectivity index (χ0) is 38.9. The second-order valence-corrected chi connectivity index (χ2v) is 16.4. The summed E-state index contributed by atoms with van der Waals surface area (Å²) in [6.07, 6.45) is 0. The fourth-order valence-electron chi connectivity index (χ4n) is 9.17. The topological polar surface area (TPSA) is 8.17 Å². The van der Waals surface area contributed by atoms with Crippen LogP contribution in [0.1, 0.15) is 0 Å². The van der Waals surface area contributed by atoms with E-state index in [1.165, 1.54) is 85.8 Å². The first-order valence-corrected chi connectivity index (χ1v) is 21.0. The third-order valence-electron chi connectivity index (χ3n) is 12.0. The van der Waals surface area contributed by atoms with E-state index in [2.05, 4.69) is 228 Å². The van der Waals surface area contributed by atoms with E-state index in [-0.39, 0.29) is 0 Å². The van der Waals surface area contributed by atoms with Gasteiger partial charge >= 0.3 is 0 Å². The summed E-state index contributed by atoms with van der Waals surface area (Å²) in [7, 11) is 0. The average Bonchev–Trinajstić information content (AvgIpc) is 3.85. The molecule has 0 radical (unpaired) electrons. The lowest BCUT2D eigenvalue weighted by atomic mass is 9.98. The molecule has 0 aliphatic heterocycles. The van der Waals surface area contributed by atoms with Crippen molar-refractivity contribution in [3.8, 4) is 27.9 Å². The van der Waals surface area contributed by atoms with Gasteiger partial charge in [0.1, 0.15) is 0 Å². The molecule has 0 atom stereocenters. The normalized spacial score (nSPS) is 11.7. The minimum absolute atomic E-state index is 1.11. The highest BCUT2D eigenvalue weighted by atomic mass is 32.1. The van der Waals surface area contributed by atoms with Gasteiger partial charge in [-0.25, -0.2) is 0 Å². The van der Waals surface area contributed by atoms with Gasteiger partial charge in [-0.15, -0.1) is 11.3 Å². The molecule has 0 fully saturated rings. The Balaban J connectivity index is 0.983. The molecule has 2 nitrogen and oxygen atoms in total. The van der Waals surface area contributed by atoms with Crippen molar-refractivity contribution in [1.29, 1.82) is 0 Å². The second kappa shape index (κ2) is 13.6. The number of benzene rings is 10. The first kappa shape index (κ1) is 33.7. The summed E-state index contributed by atoms with van der Waals surface area (Å²) in [5.74, 6) is 0. The molecule has 2 heterocycles. The van der Waals surface area contributed by atoms with E-state index in [1.807, 2.05) is 11.3 Å². The van der Waals surface area contributed by atoms with Crippen molar-refractivity contribution in [3.05, 3.63) is 218 Å². The number of anilines is 3. The Morgan fingerprint density at radius 1 is 0.339 bits per heavy atom. The van der Waals surface area contributed by atoms with E-state index in [9.17, 15) is 0 Å². The number of aromatic nitrogens is 1. The number of thiophene rings is 1. The molecule has 0 spiro atoms. The van der Waals surface area contributed by atoms with Crippen LogP contribution in [0.15, 0.2) is 218 Å². The highest BCUT2D eigenvalue weighted by Gasteiger charge is 2.18. The number of fused-ring (bicyclic) bond motifs is 9. The summed E-state index contributed by atoms with van der Waals surface area (Å²) in [4.78, 5) is 2.39. The van der Waals surface area contributed by atoms with Gasteiger partial charge in [0.2, 0.25) is 0 Å². The monoisotopic (exact) mass is 768 g/mol. The third kappa shape index (κ3) is 5.55. The number of para-hydroxylation sites is 1. The van der Waals surface area contributed by atoms with E-state index in [4.69, 9.17) is 0 Å². The molecule has 0 unspecified atom stereocenters. The Bertz CT molecular complexity index is 3540. The molecule has 276 valence electrons. The van der Waals surface area contributed by atoms with Crippen molar-refractivity contribution in [1.82, 2.24) is 4.57 Å². The van der Waals surface area contributed by atoms with Crippen LogP contribution in [-0.4, -0.2) is 4.57 Å². The van der Waals surface area contributed by atoms with Gasteiger partial charge < -0.3 is 9.47 Å². The Kier molecular flexibility index (Phi) is 7.75. The van der Waals surface area contributed by atoms with Gasteiger partial charge in [-0.2, -0.15) is 0 Å². The summed E-state index contributed by atoms with van der Waals surface area (Å²) >= 11 is 1.86. The molecule has 0 aliphatic rings. The van der Waals surface area contributed by atoms with Crippen molar-refractivity contribution >= 4 is 91.9 Å². The number of hydrogen-bond donors (Lipinski definition) is 0. The summed E-state index contributed by atoms with van der Waals surface area (Å²) in [6.45, 7) is 0. The SMILES string of the molecule is c1ccc(-n2c3cc(-c4ccc(N(c5ccc(-c6cccc7ccccc67)cc5)c5ccc6c(c5)sc5ccccc56)cc4)ccc3c3ccc4ccccc4c32)cc1. The molecule has 3 heteroatoms. The smallest absolute Gasteiger partial charge is 0.0619 e. The van der Waals surface area contributed by atoms with E-state index in [0.717, 1.165) is 22.7 Å². The molecule has 0 aliphatic carbocycles. The Hall–Kier alpha value is -7.46. The van der Waals surface area contributed by atoms with Crippen LogP contribution in [0.5, 0.6) is 0 Å². The third-order valence-corrected chi connectivity index (χ3v) is 13.1. The van der Waals surface area contributed by atoms with E-state index in [0.29, 0.717) is 0 Å². The van der Waals surface area contributed by atoms with Crippen LogP contribution in [-0.2, 0) is 0 Å². The summed E-state index contributed by atoms with van der Waals surface area (Å²) < 4.78 is 5.04. The van der Waals surface area contributed by atoms with Crippen LogP contribution < -0.4 is 4.90 Å². The molecule has 0 saturated carbocycles. The molecular formula is C56H36N2S. The fraction of sp³-hybridized carbons (Fsp3) is 0. The highest BCUT2D eigenvalue weighted by molar-refractivity contribution is 7.25.